The standard InChI is InChI=1S/C25H37N5O2/c1-16-3-8-23(27)18(11-16)4-9-24(28)19-6-10-25(32,22(19,2)7-5-20(23)24)21(31)15-30-14-17(12-26)13-29-30/h13-14,16,18-20,32H,3-11,15,27-28H2,1-2H3/t16-,18+,19+,20+,22-,23+,24?,25-/m0/s1. The van der Waals surface area contributed by atoms with Crippen molar-refractivity contribution < 1.29 is 9.90 Å². The number of ketones is 1. The van der Waals surface area contributed by atoms with Crippen LogP contribution in [0, 0.1) is 40.4 Å². The third kappa shape index (κ3) is 2.82. The van der Waals surface area contributed by atoms with Crippen molar-refractivity contribution in [2.75, 3.05) is 0 Å². The fourth-order valence-electron chi connectivity index (χ4n) is 8.60. The van der Waals surface area contributed by atoms with Gasteiger partial charge in [0.25, 0.3) is 0 Å². The normalized spacial score (nSPS) is 47.8. The number of carbonyl (C=O) groups is 1. The Bertz CT molecular complexity index is 970. The molecule has 8 atom stereocenters. The minimum atomic E-state index is -1.42. The van der Waals surface area contributed by atoms with Crippen LogP contribution in [0.3, 0.4) is 0 Å². The van der Waals surface area contributed by atoms with E-state index in [0.717, 1.165) is 44.4 Å². The quantitative estimate of drug-likeness (QED) is 0.663. The van der Waals surface area contributed by atoms with E-state index in [1.807, 2.05) is 6.07 Å². The summed E-state index contributed by atoms with van der Waals surface area (Å²) in [5, 5.41) is 25.0. The number of nitrogens with zero attached hydrogens (tertiary/aromatic N) is 3. The van der Waals surface area contributed by atoms with Crippen LogP contribution in [0.2, 0.25) is 0 Å². The van der Waals surface area contributed by atoms with E-state index in [0.29, 0.717) is 17.9 Å². The molecular weight excluding hydrogens is 402 g/mol. The van der Waals surface area contributed by atoms with Gasteiger partial charge in [-0.05, 0) is 81.5 Å². The zero-order chi connectivity index (χ0) is 22.9. The lowest BCUT2D eigenvalue weighted by Crippen LogP contribution is -2.75. The van der Waals surface area contributed by atoms with E-state index in [4.69, 9.17) is 16.7 Å². The smallest absolute Gasteiger partial charge is 0.186 e. The zero-order valence-corrected chi connectivity index (χ0v) is 19.4. The average molecular weight is 440 g/mol. The fourth-order valence-corrected chi connectivity index (χ4v) is 8.60. The number of hydrogen-bond acceptors (Lipinski definition) is 6. The van der Waals surface area contributed by atoms with E-state index >= 15 is 0 Å². The Morgan fingerprint density at radius 3 is 2.62 bits per heavy atom. The van der Waals surface area contributed by atoms with Crippen molar-refractivity contribution in [1.82, 2.24) is 9.78 Å². The Morgan fingerprint density at radius 2 is 1.91 bits per heavy atom. The number of aromatic nitrogens is 2. The molecule has 0 amide bonds. The second kappa shape index (κ2) is 7.12. The number of Topliss-reactive ketones (excluding diaryl/α,β-unsaturated/α-hetero) is 1. The van der Waals surface area contributed by atoms with Gasteiger partial charge in [0.05, 0.1) is 11.8 Å². The Kier molecular flexibility index (Phi) is 4.91. The zero-order valence-electron chi connectivity index (χ0n) is 19.4. The van der Waals surface area contributed by atoms with Gasteiger partial charge >= 0.3 is 0 Å². The number of aliphatic hydroxyl groups is 1. The fraction of sp³-hybridized carbons (Fsp3) is 0.800. The molecule has 5 rings (SSSR count). The third-order valence-electron chi connectivity index (χ3n) is 10.4. The van der Waals surface area contributed by atoms with E-state index in [1.54, 1.807) is 6.20 Å². The molecule has 5 N–H and O–H groups in total. The molecule has 0 radical (unpaired) electrons. The number of hydrogen-bond donors (Lipinski definition) is 3. The Morgan fingerprint density at radius 1 is 1.19 bits per heavy atom. The summed E-state index contributed by atoms with van der Waals surface area (Å²) in [7, 11) is 0. The first-order valence-electron chi connectivity index (χ1n) is 12.3. The Hall–Kier alpha value is -1.75. The topological polar surface area (TPSA) is 131 Å². The molecule has 4 aliphatic carbocycles. The summed E-state index contributed by atoms with van der Waals surface area (Å²) in [5.74, 6) is 1.37. The lowest BCUT2D eigenvalue weighted by molar-refractivity contribution is -0.168. The van der Waals surface area contributed by atoms with Crippen molar-refractivity contribution in [2.24, 2.45) is 40.6 Å². The highest BCUT2D eigenvalue weighted by Crippen LogP contribution is 2.66. The molecule has 32 heavy (non-hydrogen) atoms. The number of fused-ring (bicyclic) bond motifs is 5. The molecule has 1 aromatic rings. The van der Waals surface area contributed by atoms with E-state index in [1.165, 1.54) is 23.7 Å². The van der Waals surface area contributed by atoms with Crippen LogP contribution < -0.4 is 11.5 Å². The predicted octanol–water partition coefficient (Wildman–Crippen LogP) is 2.51. The number of nitrogens with two attached hydrogens (primary N) is 2. The predicted molar refractivity (Wildman–Crippen MR) is 120 cm³/mol. The molecule has 7 heteroatoms. The molecule has 1 aromatic heterocycles. The second-order valence-corrected chi connectivity index (χ2v) is 11.8. The molecule has 1 unspecified atom stereocenters. The van der Waals surface area contributed by atoms with Crippen molar-refractivity contribution >= 4 is 5.78 Å². The summed E-state index contributed by atoms with van der Waals surface area (Å²) in [6, 6.07) is 2.03. The minimum absolute atomic E-state index is 0.0255. The molecule has 0 saturated heterocycles. The van der Waals surface area contributed by atoms with Crippen LogP contribution in [0.1, 0.15) is 77.2 Å². The molecule has 0 aromatic carbocycles. The van der Waals surface area contributed by atoms with E-state index in [-0.39, 0.29) is 29.7 Å². The van der Waals surface area contributed by atoms with E-state index in [2.05, 4.69) is 18.9 Å². The van der Waals surface area contributed by atoms with Crippen molar-refractivity contribution in [3.63, 3.8) is 0 Å². The molecule has 1 heterocycles. The molecule has 4 aliphatic rings. The van der Waals surface area contributed by atoms with Crippen molar-refractivity contribution in [2.45, 2.75) is 94.9 Å². The van der Waals surface area contributed by atoms with Crippen molar-refractivity contribution in [1.29, 1.82) is 5.26 Å². The lowest BCUT2D eigenvalue weighted by Gasteiger charge is -2.65. The van der Waals surface area contributed by atoms with Crippen LogP contribution in [0.4, 0.5) is 0 Å². The summed E-state index contributed by atoms with van der Waals surface area (Å²) in [5.41, 5.74) is 12.3. The first-order valence-corrected chi connectivity index (χ1v) is 12.3. The van der Waals surface area contributed by atoms with Crippen LogP contribution in [-0.2, 0) is 11.3 Å². The Labute approximate surface area is 190 Å². The summed E-state index contributed by atoms with van der Waals surface area (Å²) in [6.45, 7) is 4.39. The minimum Gasteiger partial charge on any atom is -0.381 e. The van der Waals surface area contributed by atoms with Gasteiger partial charge in [-0.2, -0.15) is 10.4 Å². The van der Waals surface area contributed by atoms with Gasteiger partial charge in [0, 0.05) is 22.7 Å². The van der Waals surface area contributed by atoms with Gasteiger partial charge in [-0.3, -0.25) is 9.48 Å². The maximum atomic E-state index is 13.4. The highest BCUT2D eigenvalue weighted by molar-refractivity contribution is 5.88. The summed E-state index contributed by atoms with van der Waals surface area (Å²) < 4.78 is 1.46. The van der Waals surface area contributed by atoms with Gasteiger partial charge in [0.1, 0.15) is 18.2 Å². The van der Waals surface area contributed by atoms with Crippen LogP contribution >= 0.6 is 0 Å². The van der Waals surface area contributed by atoms with Gasteiger partial charge in [-0.25, -0.2) is 0 Å². The molecule has 4 saturated carbocycles. The molecule has 7 nitrogen and oxygen atoms in total. The van der Waals surface area contributed by atoms with Crippen LogP contribution in [0.25, 0.3) is 0 Å². The summed E-state index contributed by atoms with van der Waals surface area (Å²) in [4.78, 5) is 13.4. The summed E-state index contributed by atoms with van der Waals surface area (Å²) in [6.07, 6.45) is 11.2. The number of rotatable bonds is 3. The van der Waals surface area contributed by atoms with Crippen LogP contribution in [0.15, 0.2) is 12.4 Å². The SMILES string of the molecule is C[C@H]1CC[C@@]2(N)[C@H](CCC3(N)[C@@H]2CC[C@@]2(C)[C@H]3CC[C@]2(O)C(=O)Cn2cc(C#N)cn2)C1. The van der Waals surface area contributed by atoms with Crippen LogP contribution in [0.5, 0.6) is 0 Å². The Balaban J connectivity index is 1.43. The van der Waals surface area contributed by atoms with Crippen molar-refractivity contribution in [3.8, 4) is 6.07 Å². The molecule has 4 fully saturated rings. The highest BCUT2D eigenvalue weighted by Gasteiger charge is 2.70. The maximum Gasteiger partial charge on any atom is 0.186 e. The van der Waals surface area contributed by atoms with E-state index < -0.39 is 16.6 Å². The van der Waals surface area contributed by atoms with Crippen LogP contribution in [-0.4, -0.2) is 37.3 Å². The maximum absolute atomic E-state index is 13.4. The van der Waals surface area contributed by atoms with Gasteiger partial charge in [0.2, 0.25) is 0 Å². The third-order valence-corrected chi connectivity index (χ3v) is 10.4. The van der Waals surface area contributed by atoms with E-state index in [9.17, 15) is 9.90 Å². The van der Waals surface area contributed by atoms with Gasteiger partial charge in [-0.1, -0.05) is 13.8 Å². The second-order valence-electron chi connectivity index (χ2n) is 11.8. The monoisotopic (exact) mass is 439 g/mol. The lowest BCUT2D eigenvalue weighted by atomic mass is 9.43. The molecule has 0 aliphatic heterocycles. The highest BCUT2D eigenvalue weighted by atomic mass is 16.3. The first-order chi connectivity index (χ1) is 15.1. The van der Waals surface area contributed by atoms with Crippen molar-refractivity contribution in [3.05, 3.63) is 18.0 Å². The molecule has 174 valence electrons. The average Bonchev–Trinajstić information content (AvgIpc) is 3.32. The molecular formula is C25H37N5O2. The van der Waals surface area contributed by atoms with Gasteiger partial charge in [-0.15, -0.1) is 0 Å². The summed E-state index contributed by atoms with van der Waals surface area (Å²) >= 11 is 0. The molecule has 0 bridgehead atoms. The molecule has 0 spiro atoms. The van der Waals surface area contributed by atoms with Gasteiger partial charge < -0.3 is 16.6 Å². The van der Waals surface area contributed by atoms with Gasteiger partial charge in [0.15, 0.2) is 5.78 Å². The largest absolute Gasteiger partial charge is 0.381 e. The number of nitriles is 1. The number of carbonyl (C=O) groups excluding carboxylic acids is 1. The first kappa shape index (κ1) is 22.1.